The Bertz CT molecular complexity index is 1430. The first-order valence-electron chi connectivity index (χ1n) is 11.6. The predicted octanol–water partition coefficient (Wildman–Crippen LogP) is 3.79. The molecule has 0 saturated heterocycles. The lowest BCUT2D eigenvalue weighted by atomic mass is 9.70. The van der Waals surface area contributed by atoms with Gasteiger partial charge >= 0.3 is 5.97 Å². The summed E-state index contributed by atoms with van der Waals surface area (Å²) in [5, 5.41) is 24.4. The third-order valence-electron chi connectivity index (χ3n) is 6.89. The Morgan fingerprint density at radius 3 is 2.32 bits per heavy atom. The molecule has 0 saturated carbocycles. The molecule has 0 fully saturated rings. The maximum Gasteiger partial charge on any atom is 0.305 e. The molecular weight excluding hydrogens is 478 g/mol. The molecule has 2 aromatic rings. The summed E-state index contributed by atoms with van der Waals surface area (Å²) in [5.41, 5.74) is 0.0563. The minimum absolute atomic E-state index is 0.0215. The van der Waals surface area contributed by atoms with Crippen LogP contribution < -0.4 is 10.1 Å². The maximum atomic E-state index is 13.9. The second kappa shape index (κ2) is 9.24. The van der Waals surface area contributed by atoms with Gasteiger partial charge in [-0.15, -0.1) is 0 Å². The number of carbonyl (C=O) groups is 4. The summed E-state index contributed by atoms with van der Waals surface area (Å²) in [6, 6.07) is 7.18. The Kier molecular flexibility index (Phi) is 6.41. The van der Waals surface area contributed by atoms with E-state index in [-0.39, 0.29) is 51.9 Å². The van der Waals surface area contributed by atoms with Crippen molar-refractivity contribution in [2.45, 2.75) is 46.0 Å². The number of fused-ring (bicyclic) bond motifs is 3. The van der Waals surface area contributed by atoms with E-state index in [1.165, 1.54) is 34.0 Å². The average Bonchev–Trinajstić information content (AvgIpc) is 3.14. The lowest BCUT2D eigenvalue weighted by Gasteiger charge is -2.29. The molecule has 0 radical (unpaired) electrons. The normalized spacial score (nSPS) is 19.4. The van der Waals surface area contributed by atoms with Gasteiger partial charge in [-0.2, -0.15) is 0 Å². The Morgan fingerprint density at radius 1 is 1.08 bits per heavy atom. The molecule has 1 aliphatic carbocycles. The quantitative estimate of drug-likeness (QED) is 0.232. The monoisotopic (exact) mass is 505 g/mol. The molecule has 2 aliphatic rings. The Morgan fingerprint density at radius 2 is 1.73 bits per heavy atom. The number of Topliss-reactive ketones (excluding diaryl/α,β-unsaturated/α-hetero) is 2. The van der Waals surface area contributed by atoms with E-state index in [2.05, 4.69) is 10.1 Å². The summed E-state index contributed by atoms with van der Waals surface area (Å²) in [6.07, 6.45) is 1.94. The third kappa shape index (κ3) is 4.06. The van der Waals surface area contributed by atoms with E-state index < -0.39 is 28.5 Å². The number of carbonyl (C=O) groups excluding carboxylic acids is 4. The van der Waals surface area contributed by atoms with Crippen LogP contribution >= 0.6 is 0 Å². The van der Waals surface area contributed by atoms with Crippen molar-refractivity contribution in [3.05, 3.63) is 69.6 Å². The van der Waals surface area contributed by atoms with Gasteiger partial charge in [0.05, 0.1) is 18.2 Å². The minimum atomic E-state index is -1.58. The number of esters is 1. The number of aromatic hydroxyl groups is 2. The van der Waals surface area contributed by atoms with Crippen molar-refractivity contribution < 1.29 is 38.9 Å². The smallest absolute Gasteiger partial charge is 0.305 e. The lowest BCUT2D eigenvalue weighted by Crippen LogP contribution is -2.40. The third-order valence-corrected chi connectivity index (χ3v) is 6.89. The van der Waals surface area contributed by atoms with Crippen LogP contribution in [0, 0.1) is 6.92 Å². The van der Waals surface area contributed by atoms with Crippen LogP contribution in [0.3, 0.4) is 0 Å². The average molecular weight is 506 g/mol. The van der Waals surface area contributed by atoms with E-state index in [1.807, 2.05) is 12.1 Å². The number of methoxy groups -OCH3 is 1. The summed E-state index contributed by atoms with van der Waals surface area (Å²) in [6.45, 7) is 5.78. The van der Waals surface area contributed by atoms with E-state index in [1.54, 1.807) is 19.1 Å². The van der Waals surface area contributed by atoms with Crippen molar-refractivity contribution >= 4 is 29.0 Å². The SMILES string of the molecule is COC(=O)CCc1ccc(NC(C)=C2C(=O)C=C3Oc4c(C(C)=O)c(O)c(C)c(O)c4[C@@]3(C)C2=O)cc1. The van der Waals surface area contributed by atoms with Gasteiger partial charge in [-0.1, -0.05) is 12.1 Å². The molecule has 4 rings (SSSR count). The van der Waals surface area contributed by atoms with Gasteiger partial charge in [-0.05, 0) is 51.8 Å². The van der Waals surface area contributed by atoms with Gasteiger partial charge in [-0.25, -0.2) is 0 Å². The zero-order valence-corrected chi connectivity index (χ0v) is 21.1. The van der Waals surface area contributed by atoms with E-state index in [4.69, 9.17) is 4.74 Å². The van der Waals surface area contributed by atoms with Crippen LogP contribution in [0.5, 0.6) is 17.2 Å². The molecule has 9 heteroatoms. The molecule has 1 heterocycles. The number of allylic oxidation sites excluding steroid dienone is 4. The Labute approximate surface area is 213 Å². The second-order valence-electron chi connectivity index (χ2n) is 9.28. The number of ether oxygens (including phenoxy) is 2. The first kappa shape index (κ1) is 25.7. The number of aryl methyl sites for hydroxylation is 1. The molecule has 1 atom stereocenters. The van der Waals surface area contributed by atoms with E-state index in [0.717, 1.165) is 5.56 Å². The van der Waals surface area contributed by atoms with Crippen molar-refractivity contribution in [2.75, 3.05) is 12.4 Å². The highest BCUT2D eigenvalue weighted by Crippen LogP contribution is 2.57. The largest absolute Gasteiger partial charge is 0.507 e. The summed E-state index contributed by atoms with van der Waals surface area (Å²) >= 11 is 0. The summed E-state index contributed by atoms with van der Waals surface area (Å²) < 4.78 is 10.4. The van der Waals surface area contributed by atoms with Crippen LogP contribution in [0.1, 0.15) is 54.2 Å². The minimum Gasteiger partial charge on any atom is -0.507 e. The first-order valence-corrected chi connectivity index (χ1v) is 11.6. The number of hydrogen-bond acceptors (Lipinski definition) is 9. The van der Waals surface area contributed by atoms with Gasteiger partial charge < -0.3 is 25.0 Å². The second-order valence-corrected chi connectivity index (χ2v) is 9.28. The van der Waals surface area contributed by atoms with E-state index in [0.29, 0.717) is 17.8 Å². The van der Waals surface area contributed by atoms with Gasteiger partial charge in [0.15, 0.2) is 17.3 Å². The van der Waals surface area contributed by atoms with Crippen LogP contribution in [0.15, 0.2) is 47.4 Å². The molecule has 3 N–H and O–H groups in total. The van der Waals surface area contributed by atoms with Gasteiger partial charge in [-0.3, -0.25) is 19.2 Å². The number of anilines is 1. The fourth-order valence-electron chi connectivity index (χ4n) is 4.74. The molecule has 0 bridgehead atoms. The molecule has 2 aromatic carbocycles. The number of phenolic OH excluding ortho intramolecular Hbond substituents is 2. The Balaban J connectivity index is 1.72. The Hall–Kier alpha value is -4.40. The molecule has 0 spiro atoms. The van der Waals surface area contributed by atoms with Crippen molar-refractivity contribution in [1.82, 2.24) is 0 Å². The van der Waals surface area contributed by atoms with Gasteiger partial charge in [0.25, 0.3) is 0 Å². The van der Waals surface area contributed by atoms with Crippen LogP contribution in [-0.4, -0.2) is 40.6 Å². The van der Waals surface area contributed by atoms with Crippen molar-refractivity contribution in [3.8, 4) is 17.2 Å². The zero-order chi connectivity index (χ0) is 27.2. The van der Waals surface area contributed by atoms with Crippen molar-refractivity contribution in [1.29, 1.82) is 0 Å². The number of ketones is 3. The highest BCUT2D eigenvalue weighted by molar-refractivity contribution is 6.31. The van der Waals surface area contributed by atoms with Gasteiger partial charge in [0, 0.05) is 29.4 Å². The predicted molar refractivity (Wildman–Crippen MR) is 134 cm³/mol. The maximum absolute atomic E-state index is 13.9. The fraction of sp³-hybridized carbons (Fsp3) is 0.286. The lowest BCUT2D eigenvalue weighted by molar-refractivity contribution is -0.140. The fourth-order valence-corrected chi connectivity index (χ4v) is 4.74. The number of hydrogen-bond donors (Lipinski definition) is 3. The molecule has 0 unspecified atom stereocenters. The highest BCUT2D eigenvalue weighted by atomic mass is 16.5. The first-order chi connectivity index (χ1) is 17.4. The van der Waals surface area contributed by atoms with Crippen LogP contribution in [0.4, 0.5) is 5.69 Å². The number of nitrogens with one attached hydrogen (secondary N) is 1. The summed E-state index contributed by atoms with van der Waals surface area (Å²) in [5.74, 6) is -2.97. The molecule has 9 nitrogen and oxygen atoms in total. The molecule has 192 valence electrons. The topological polar surface area (TPSA) is 139 Å². The highest BCUT2D eigenvalue weighted by Gasteiger charge is 2.56. The number of phenols is 2. The summed E-state index contributed by atoms with van der Waals surface area (Å²) in [4.78, 5) is 50.6. The number of benzene rings is 2. The molecule has 0 amide bonds. The zero-order valence-electron chi connectivity index (χ0n) is 21.1. The van der Waals surface area contributed by atoms with Crippen molar-refractivity contribution in [3.63, 3.8) is 0 Å². The molecule has 1 aliphatic heterocycles. The van der Waals surface area contributed by atoms with E-state index in [9.17, 15) is 29.4 Å². The van der Waals surface area contributed by atoms with Gasteiger partial charge in [0.1, 0.15) is 34.0 Å². The van der Waals surface area contributed by atoms with Crippen molar-refractivity contribution in [2.24, 2.45) is 0 Å². The molecule has 0 aromatic heterocycles. The number of rotatable bonds is 6. The van der Waals surface area contributed by atoms with Crippen LogP contribution in [0.2, 0.25) is 0 Å². The van der Waals surface area contributed by atoms with E-state index >= 15 is 0 Å². The van der Waals surface area contributed by atoms with Crippen LogP contribution in [-0.2, 0) is 31.0 Å². The summed E-state index contributed by atoms with van der Waals surface area (Å²) in [7, 11) is 1.34. The standard InChI is InChI=1S/C28H27NO8/c1-13-24(33)22(15(3)30)26-23(25(13)34)28(4)19(37-26)12-18(31)21(27(28)35)14(2)29-17-9-6-16(7-10-17)8-11-20(32)36-5/h6-7,9-10,12,29,33-34H,8,11H2,1-5H3/t28-/m0/s1. The van der Waals surface area contributed by atoms with Crippen LogP contribution in [0.25, 0.3) is 0 Å². The van der Waals surface area contributed by atoms with Gasteiger partial charge in [0.2, 0.25) is 0 Å². The molecule has 37 heavy (non-hydrogen) atoms. The molecular formula is C28H27NO8.